The molecule has 0 fully saturated rings. The number of rotatable bonds is 21. The summed E-state index contributed by atoms with van der Waals surface area (Å²) in [6.45, 7) is 9.03. The minimum absolute atomic E-state index is 0. The average Bonchev–Trinajstić information content (AvgIpc) is 1.61. The number of pyridine rings is 2. The number of aromatic amines is 2. The molecule has 0 amide bonds. The van der Waals surface area contributed by atoms with Crippen LogP contribution in [0.2, 0.25) is 0 Å². The third kappa shape index (κ3) is 27.5. The Balaban J connectivity index is 0.000000180. The lowest BCUT2D eigenvalue weighted by atomic mass is 9.86. The Bertz CT molecular complexity index is 6240. The summed E-state index contributed by atoms with van der Waals surface area (Å²) in [5, 5.41) is 20.6. The van der Waals surface area contributed by atoms with Crippen LogP contribution in [0.25, 0.3) is 66.8 Å². The van der Waals surface area contributed by atoms with Gasteiger partial charge < -0.3 is 83.4 Å². The molecule has 4 aliphatic heterocycles. The Kier molecular flexibility index (Phi) is 40.9. The van der Waals surface area contributed by atoms with Crippen molar-refractivity contribution in [2.24, 2.45) is 16.5 Å². The van der Waals surface area contributed by atoms with E-state index in [1.807, 2.05) is 129 Å². The number of methoxy groups -OCH3 is 2. The van der Waals surface area contributed by atoms with Crippen molar-refractivity contribution in [3.63, 3.8) is 0 Å². The van der Waals surface area contributed by atoms with Gasteiger partial charge in [0.25, 0.3) is 24.1 Å². The number of halogens is 11. The number of anilines is 2. The third-order valence-electron chi connectivity index (χ3n) is 21.0. The van der Waals surface area contributed by atoms with Gasteiger partial charge in [0.05, 0.1) is 104 Å². The number of aromatic nitrogens is 10. The van der Waals surface area contributed by atoms with Gasteiger partial charge in [-0.05, 0) is 163 Å². The molecule has 0 spiro atoms. The number of amidine groups is 1. The zero-order valence-corrected chi connectivity index (χ0v) is 81.8. The van der Waals surface area contributed by atoms with Gasteiger partial charge >= 0.3 is 19.1 Å². The predicted octanol–water partition coefficient (Wildman–Crippen LogP) is 20.7. The number of carbonyl (C=O) groups excluding carboxylic acids is 3. The maximum atomic E-state index is 16.3. The summed E-state index contributed by atoms with van der Waals surface area (Å²) in [6.07, 6.45) is 13.2. The number of esters is 2. The molecule has 0 atom stereocenters. The standard InChI is InChI=1S/C35H30FN5O3.C23H22BN3O4.2C12H10BrFN2O.C8H5Br2FO.C4H8N2O.C3H8ClN.CH4.2ClH/c1-43-34(42)28-19-37-33(41(20-23-10-4-2-5-11-23)21-24-12-6-3-7-13-24)32-27(28)18-29(38-32)25-14-8-15-26(31(25)36)30-22-40-16-9-17-44-35(40)39-30;1-31-23(28)19-13-25-22(21-18(19)12-20(26-21)24(29)30)27(14-16-8-4-2-5-9-16)15-17-10-6-3-7-11-17;2*13-9-4-1-3-8(11(9)14)10-7-16-5-2-6-17-12(16)15-10;9-4-7(12)5-2-1-3-6(10)8(5)11;5-4-6-2-1-3-7-4;4-2-1-3-5;;;/h2-8,10-15,18-19,22,38H,9,16-17,20-21H2,1H3;2-13,26,29-30H,14-15H2,1H3;2*1,3-4,7H,2,5-6H2;1-3H,4H2;1-3H2,(H2,5,6);1-3,5H2;1H4;2*1H. The summed E-state index contributed by atoms with van der Waals surface area (Å²) in [7, 11) is 0.931. The second-order valence-corrected chi connectivity index (χ2v) is 33.7. The van der Waals surface area contributed by atoms with E-state index in [0.29, 0.717) is 180 Å². The highest BCUT2D eigenvalue weighted by Gasteiger charge is 2.29. The second kappa shape index (κ2) is 52.4. The molecular formula is C98H99BBr4Cl3F4N15O11. The molecule has 0 saturated heterocycles. The van der Waals surface area contributed by atoms with E-state index in [0.717, 1.165) is 87.1 Å². The van der Waals surface area contributed by atoms with Crippen LogP contribution in [0.15, 0.2) is 256 Å². The Morgan fingerprint density at radius 3 is 1.23 bits per heavy atom. The number of ether oxygens (including phenoxy) is 6. The van der Waals surface area contributed by atoms with Crippen LogP contribution in [0.4, 0.5) is 29.2 Å². The van der Waals surface area contributed by atoms with Crippen LogP contribution in [-0.2, 0) is 60.0 Å². The average molecular weight is 2180 g/mol. The van der Waals surface area contributed by atoms with Gasteiger partial charge in [-0.1, -0.05) is 169 Å². The zero-order valence-electron chi connectivity index (χ0n) is 73.1. The van der Waals surface area contributed by atoms with Crippen LogP contribution in [0.3, 0.4) is 0 Å². The van der Waals surface area contributed by atoms with E-state index < -0.39 is 30.7 Å². The normalized spacial score (nSPS) is 12.3. The van der Waals surface area contributed by atoms with Crippen LogP contribution in [0.1, 0.15) is 92.9 Å². The zero-order chi connectivity index (χ0) is 93.9. The number of hydrogen-bond donors (Lipinski definition) is 6. The number of imidazole rings is 3. The lowest BCUT2D eigenvalue weighted by Gasteiger charge is -2.25. The number of carbonyl (C=O) groups is 3. The Morgan fingerprint density at radius 1 is 0.500 bits per heavy atom. The van der Waals surface area contributed by atoms with E-state index in [1.165, 1.54) is 32.7 Å². The van der Waals surface area contributed by atoms with Gasteiger partial charge in [-0.2, -0.15) is 15.0 Å². The molecule has 0 radical (unpaired) electrons. The van der Waals surface area contributed by atoms with Crippen LogP contribution >= 0.6 is 100 Å². The lowest BCUT2D eigenvalue weighted by molar-refractivity contribution is 0.0593. The van der Waals surface area contributed by atoms with Gasteiger partial charge in [0.15, 0.2) is 17.4 Å². The minimum atomic E-state index is -1.71. The van der Waals surface area contributed by atoms with Crippen molar-refractivity contribution in [2.75, 3.05) is 74.7 Å². The van der Waals surface area contributed by atoms with Crippen molar-refractivity contribution in [1.29, 1.82) is 0 Å². The molecule has 4 aliphatic rings. The van der Waals surface area contributed by atoms with Gasteiger partial charge in [-0.15, -0.1) is 36.4 Å². The van der Waals surface area contributed by atoms with E-state index in [2.05, 4.69) is 133 Å². The Labute approximate surface area is 835 Å². The highest BCUT2D eigenvalue weighted by atomic mass is 79.9. The summed E-state index contributed by atoms with van der Waals surface area (Å²) in [5.74, 6) is -0.883. The van der Waals surface area contributed by atoms with Crippen LogP contribution in [0.5, 0.6) is 18.0 Å². The quantitative estimate of drug-likeness (QED) is 0.0128. The fraction of sp³-hybridized carbons (Fsp3) is 0.235. The molecule has 0 aliphatic carbocycles. The summed E-state index contributed by atoms with van der Waals surface area (Å²) in [5.41, 5.74) is 20.6. The molecule has 0 saturated carbocycles. The van der Waals surface area contributed by atoms with Gasteiger partial charge in [0, 0.05) is 140 Å². The second-order valence-electron chi connectivity index (χ2n) is 30.2. The van der Waals surface area contributed by atoms with Crippen molar-refractivity contribution in [2.45, 2.75) is 85.3 Å². The summed E-state index contributed by atoms with van der Waals surface area (Å²) >= 11 is 17.5. The first-order valence-corrected chi connectivity index (χ1v) is 46.4. The number of H-pyrrole nitrogens is 2. The SMILES string of the molecule is C.COC(=O)c1cnc(N(Cc2ccccc2)Cc2ccccc2)c2[nH]c(-c3cccc(-c4cn5c(n4)OCCC5)c3F)cc12.COC(=O)c1cnc(N(Cc2ccccc2)Cc2ccccc2)c2[nH]c(B(O)O)cc12.Cl.Cl.Fc1c(Br)cccc1-c1cn2c(n1)OCCC2.Fc1c(Br)cccc1-c1cn2c(n1)OCCC2.NC1=NCCCO1.NCCCCl.O=C(CBr)c1cccc(Br)c1F. The molecular weight excluding hydrogens is 2080 g/mol. The molecule has 712 valence electrons. The summed E-state index contributed by atoms with van der Waals surface area (Å²) in [6, 6.07) is 65.8. The number of aliphatic imine (C=N–C) groups is 1. The van der Waals surface area contributed by atoms with E-state index in [-0.39, 0.29) is 71.7 Å². The fourth-order valence-corrected chi connectivity index (χ4v) is 16.0. The first-order valence-electron chi connectivity index (χ1n) is 42.4. The van der Waals surface area contributed by atoms with Crippen molar-refractivity contribution in [3.8, 4) is 63.1 Å². The molecule has 19 rings (SSSR count). The van der Waals surface area contributed by atoms with Crippen LogP contribution < -0.4 is 41.1 Å². The lowest BCUT2D eigenvalue weighted by Crippen LogP contribution is -2.30. The minimum Gasteiger partial charge on any atom is -0.465 e. The number of hydrogen-bond acceptors (Lipinski definition) is 21. The topological polar surface area (TPSA) is 329 Å². The fourth-order valence-electron chi connectivity index (χ4n) is 14.5. The molecule has 11 heterocycles. The van der Waals surface area contributed by atoms with Crippen molar-refractivity contribution >= 4 is 170 Å². The Hall–Kier alpha value is -11.9. The van der Waals surface area contributed by atoms with Gasteiger partial charge in [-0.25, -0.2) is 42.1 Å². The molecule has 8 aromatic carbocycles. The van der Waals surface area contributed by atoms with Crippen molar-refractivity contribution in [3.05, 3.63) is 313 Å². The first kappa shape index (κ1) is 106. The smallest absolute Gasteiger partial charge is 0.465 e. The van der Waals surface area contributed by atoms with Crippen molar-refractivity contribution in [1.82, 2.24) is 48.6 Å². The number of aryl methyl sites for hydroxylation is 3. The Morgan fingerprint density at radius 2 is 0.875 bits per heavy atom. The number of alkyl halides is 2. The number of nitrogens with one attached hydrogen (secondary N) is 2. The number of nitrogens with two attached hydrogens (primary N) is 2. The molecule has 26 nitrogen and oxygen atoms in total. The number of fused-ring (bicyclic) bond motifs is 5. The van der Waals surface area contributed by atoms with E-state index in [4.69, 9.17) is 56.5 Å². The molecule has 7 aromatic heterocycles. The van der Waals surface area contributed by atoms with E-state index in [1.54, 1.807) is 78.9 Å². The van der Waals surface area contributed by atoms with Crippen molar-refractivity contribution < 1.29 is 70.4 Å². The number of ketones is 1. The van der Waals surface area contributed by atoms with Gasteiger partial charge in [-0.3, -0.25) is 4.79 Å². The monoisotopic (exact) mass is 2170 g/mol. The van der Waals surface area contributed by atoms with E-state index in [9.17, 15) is 37.6 Å². The molecule has 0 unspecified atom stereocenters. The third-order valence-corrected chi connectivity index (χ3v) is 23.6. The largest absolute Gasteiger partial charge is 0.505 e. The number of nitrogens with zero attached hydrogens (tertiary/aromatic N) is 11. The summed E-state index contributed by atoms with van der Waals surface area (Å²) in [4.78, 5) is 73.1. The summed E-state index contributed by atoms with van der Waals surface area (Å²) < 4.78 is 95.4. The molecule has 136 heavy (non-hydrogen) atoms. The van der Waals surface area contributed by atoms with Crippen LogP contribution in [-0.4, -0.2) is 154 Å². The van der Waals surface area contributed by atoms with Gasteiger partial charge in [0.1, 0.15) is 23.3 Å². The highest BCUT2D eigenvalue weighted by molar-refractivity contribution is 9.11. The predicted molar refractivity (Wildman–Crippen MR) is 543 cm³/mol. The first-order chi connectivity index (χ1) is 64.6. The van der Waals surface area contributed by atoms with Gasteiger partial charge in [0.2, 0.25) is 0 Å². The number of benzene rings is 8. The maximum Gasteiger partial charge on any atom is 0.505 e. The molecule has 15 aromatic rings. The van der Waals surface area contributed by atoms with E-state index >= 15 is 4.39 Å². The number of Topliss-reactive ketones (excluding diaryl/α,β-unsaturated/α-hetero) is 1. The maximum absolute atomic E-state index is 16.3. The molecule has 38 heteroatoms. The highest BCUT2D eigenvalue weighted by Crippen LogP contribution is 2.39. The molecule has 0 bridgehead atoms. The molecule has 8 N–H and O–H groups in total. The van der Waals surface area contributed by atoms with Crippen LogP contribution in [0, 0.1) is 23.3 Å².